The number of anilines is 4. The average Bonchev–Trinajstić information content (AvgIpc) is 3.27. The summed E-state index contributed by atoms with van der Waals surface area (Å²) in [6.45, 7) is 0. The highest BCUT2D eigenvalue weighted by atomic mass is 127. The molecule has 5 rings (SSSR count). The second-order valence-electron chi connectivity index (χ2n) is 7.60. The maximum Gasteiger partial charge on any atom is 0.332 e. The van der Waals surface area contributed by atoms with Gasteiger partial charge in [-0.05, 0) is 23.8 Å². The Bertz CT molecular complexity index is 1510. The van der Waals surface area contributed by atoms with Crippen LogP contribution >= 0.6 is 33.9 Å². The lowest BCUT2D eigenvalue weighted by Gasteiger charge is -2.28. The molecule has 0 aliphatic carbocycles. The molecule has 184 valence electrons. The molecular formula is C24H20IN5O5S. The van der Waals surface area contributed by atoms with Gasteiger partial charge in [-0.1, -0.05) is 28.7 Å². The first-order chi connectivity index (χ1) is 17.5. The smallest absolute Gasteiger partial charge is 0.332 e. The van der Waals surface area contributed by atoms with Crippen LogP contribution in [-0.4, -0.2) is 43.2 Å². The van der Waals surface area contributed by atoms with Gasteiger partial charge in [-0.2, -0.15) is 0 Å². The lowest BCUT2D eigenvalue weighted by Crippen LogP contribution is -2.35. The first-order valence-electron chi connectivity index (χ1n) is 10.6. The van der Waals surface area contributed by atoms with Gasteiger partial charge >= 0.3 is 6.03 Å². The van der Waals surface area contributed by atoms with Gasteiger partial charge in [0, 0.05) is 22.2 Å². The first kappa shape index (κ1) is 24.1. The van der Waals surface area contributed by atoms with Crippen molar-refractivity contribution in [2.24, 2.45) is 0 Å². The van der Waals surface area contributed by atoms with Crippen LogP contribution in [0.3, 0.4) is 0 Å². The molecule has 2 N–H and O–H groups in total. The number of hydrogen-bond donors (Lipinski definition) is 2. The Morgan fingerprint density at radius 3 is 2.61 bits per heavy atom. The maximum atomic E-state index is 13.4. The molecular weight excluding hydrogens is 597 g/mol. The lowest BCUT2D eigenvalue weighted by molar-refractivity contribution is 0.103. The summed E-state index contributed by atoms with van der Waals surface area (Å²) in [6.07, 6.45) is 1.39. The molecule has 0 bridgehead atoms. The molecule has 0 saturated carbocycles. The Morgan fingerprint density at radius 2 is 1.89 bits per heavy atom. The molecule has 1 aliphatic heterocycles. The number of ether oxygens (including phenoxy) is 3. The highest BCUT2D eigenvalue weighted by Crippen LogP contribution is 2.46. The zero-order chi connectivity index (χ0) is 25.4. The summed E-state index contributed by atoms with van der Waals surface area (Å²) in [5.41, 5.74) is 2.47. The maximum absolute atomic E-state index is 13.4. The molecule has 0 unspecified atom stereocenters. The van der Waals surface area contributed by atoms with Crippen LogP contribution in [0.1, 0.15) is 15.2 Å². The molecule has 12 heteroatoms. The topological polar surface area (TPSA) is 115 Å². The van der Waals surface area contributed by atoms with E-state index in [1.54, 1.807) is 31.4 Å². The van der Waals surface area contributed by atoms with E-state index >= 15 is 0 Å². The van der Waals surface area contributed by atoms with Crippen LogP contribution < -0.4 is 29.7 Å². The van der Waals surface area contributed by atoms with E-state index in [0.717, 1.165) is 5.56 Å². The molecule has 3 amide bonds. The molecule has 36 heavy (non-hydrogen) atoms. The highest BCUT2D eigenvalue weighted by molar-refractivity contribution is 14.1. The number of benzene rings is 2. The largest absolute Gasteiger partial charge is 0.497 e. The minimum Gasteiger partial charge on any atom is -0.497 e. The average molecular weight is 617 g/mol. The minimum atomic E-state index is -0.430. The second-order valence-corrected chi connectivity index (χ2v) is 9.36. The fraction of sp³-hybridized carbons (Fsp3) is 0.167. The molecule has 2 aromatic carbocycles. The van der Waals surface area contributed by atoms with Crippen molar-refractivity contribution < 1.29 is 23.8 Å². The summed E-state index contributed by atoms with van der Waals surface area (Å²) in [6, 6.07) is 10.2. The van der Waals surface area contributed by atoms with E-state index < -0.39 is 11.9 Å². The van der Waals surface area contributed by atoms with Crippen LogP contribution in [0.5, 0.6) is 17.2 Å². The number of alkyl halides is 1. The highest BCUT2D eigenvalue weighted by Gasteiger charge is 2.34. The van der Waals surface area contributed by atoms with Crippen LogP contribution in [0.4, 0.5) is 27.7 Å². The lowest BCUT2D eigenvalue weighted by atomic mass is 10.1. The monoisotopic (exact) mass is 617 g/mol. The Labute approximate surface area is 223 Å². The fourth-order valence-electron chi connectivity index (χ4n) is 3.94. The third kappa shape index (κ3) is 4.05. The molecule has 0 spiro atoms. The molecule has 0 fully saturated rings. The molecule has 1 aliphatic rings. The number of rotatable bonds is 7. The number of carbonyl (C=O) groups excluding carboxylic acids is 2. The quantitative estimate of drug-likeness (QED) is 0.205. The normalized spacial score (nSPS) is 12.3. The van der Waals surface area contributed by atoms with E-state index in [-0.39, 0.29) is 0 Å². The zero-order valence-electron chi connectivity index (χ0n) is 19.4. The van der Waals surface area contributed by atoms with E-state index in [1.165, 1.54) is 36.8 Å². The van der Waals surface area contributed by atoms with Gasteiger partial charge in [-0.3, -0.25) is 4.79 Å². The number of carbonyl (C=O) groups is 2. The second kappa shape index (κ2) is 9.78. The summed E-state index contributed by atoms with van der Waals surface area (Å²) >= 11 is 3.42. The van der Waals surface area contributed by atoms with Gasteiger partial charge in [-0.25, -0.2) is 19.7 Å². The minimum absolute atomic E-state index is 0.314. The third-order valence-corrected chi connectivity index (χ3v) is 7.56. The number of methoxy groups -OCH3 is 3. The van der Waals surface area contributed by atoms with Crippen molar-refractivity contribution in [3.8, 4) is 17.2 Å². The van der Waals surface area contributed by atoms with Gasteiger partial charge in [0.25, 0.3) is 5.91 Å². The number of nitrogens with one attached hydrogen (secondary N) is 2. The van der Waals surface area contributed by atoms with Gasteiger partial charge in [-0.15, -0.1) is 11.3 Å². The molecule has 10 nitrogen and oxygen atoms in total. The van der Waals surface area contributed by atoms with Crippen LogP contribution in [0, 0.1) is 0 Å². The van der Waals surface area contributed by atoms with Gasteiger partial charge < -0.3 is 24.8 Å². The standard InChI is InChI=1S/C24H20IN5O5S/c1-33-14-6-4-12(10-25)15(9-14)30-21-18-19(29-24(30)32)20(36-23(18)27-11-26-21)22(31)28-13-5-7-16(34-2)17(8-13)35-3/h4-9,11H,10H2,1-3H3,(H,28,31)(H,29,32). The SMILES string of the molecule is COc1ccc(CI)c(N2C(=O)Nc3c(C(=O)Nc4ccc(OC)c(OC)c4)sc4ncnc2c34)c1. The van der Waals surface area contributed by atoms with Crippen molar-refractivity contribution in [3.63, 3.8) is 0 Å². The van der Waals surface area contributed by atoms with Gasteiger partial charge in [0.1, 0.15) is 21.8 Å². The van der Waals surface area contributed by atoms with Crippen molar-refractivity contribution in [2.75, 3.05) is 36.9 Å². The van der Waals surface area contributed by atoms with Gasteiger partial charge in [0.15, 0.2) is 17.3 Å². The van der Waals surface area contributed by atoms with Crippen LogP contribution in [-0.2, 0) is 4.43 Å². The van der Waals surface area contributed by atoms with Crippen LogP contribution in [0.2, 0.25) is 0 Å². The van der Waals surface area contributed by atoms with Crippen molar-refractivity contribution in [1.29, 1.82) is 0 Å². The molecule has 0 atom stereocenters. The van der Waals surface area contributed by atoms with Crippen molar-refractivity contribution in [2.45, 2.75) is 4.43 Å². The van der Waals surface area contributed by atoms with Crippen molar-refractivity contribution >= 4 is 79.0 Å². The number of aromatic nitrogens is 2. The Balaban J connectivity index is 1.58. The number of thiophene rings is 1. The zero-order valence-corrected chi connectivity index (χ0v) is 22.4. The Hall–Kier alpha value is -3.65. The van der Waals surface area contributed by atoms with Crippen LogP contribution in [0.25, 0.3) is 10.2 Å². The van der Waals surface area contributed by atoms with Crippen molar-refractivity contribution in [3.05, 3.63) is 53.2 Å². The van der Waals surface area contributed by atoms with E-state index in [1.807, 2.05) is 12.1 Å². The number of nitrogens with zero attached hydrogens (tertiary/aromatic N) is 3. The van der Waals surface area contributed by atoms with Gasteiger partial charge in [0.2, 0.25) is 0 Å². The molecule has 3 heterocycles. The Morgan fingerprint density at radius 1 is 1.08 bits per heavy atom. The van der Waals surface area contributed by atoms with E-state index in [9.17, 15) is 9.59 Å². The number of amides is 3. The summed E-state index contributed by atoms with van der Waals surface area (Å²) in [7, 11) is 4.63. The van der Waals surface area contributed by atoms with Gasteiger partial charge in [0.05, 0.1) is 38.1 Å². The number of halogens is 1. The number of hydrogen-bond acceptors (Lipinski definition) is 8. The van der Waals surface area contributed by atoms with E-state index in [4.69, 9.17) is 14.2 Å². The predicted molar refractivity (Wildman–Crippen MR) is 147 cm³/mol. The summed E-state index contributed by atoms with van der Waals surface area (Å²) in [4.78, 5) is 37.9. The molecule has 0 saturated heterocycles. The summed E-state index contributed by atoms with van der Waals surface area (Å²) < 4.78 is 16.6. The first-order valence-corrected chi connectivity index (χ1v) is 13.0. The Kier molecular flexibility index (Phi) is 6.53. The molecule has 2 aromatic heterocycles. The molecule has 4 aromatic rings. The fourth-order valence-corrected chi connectivity index (χ4v) is 5.58. The van der Waals surface area contributed by atoms with E-state index in [2.05, 4.69) is 43.2 Å². The van der Waals surface area contributed by atoms with E-state index in [0.29, 0.717) is 59.6 Å². The number of urea groups is 1. The predicted octanol–water partition coefficient (Wildman–Crippen LogP) is 5.59. The van der Waals surface area contributed by atoms with Crippen molar-refractivity contribution in [1.82, 2.24) is 9.97 Å². The molecule has 0 radical (unpaired) electrons. The third-order valence-electron chi connectivity index (χ3n) is 5.64. The summed E-state index contributed by atoms with van der Waals surface area (Å²) in [5, 5.41) is 6.34. The van der Waals surface area contributed by atoms with Crippen LogP contribution in [0.15, 0.2) is 42.7 Å². The summed E-state index contributed by atoms with van der Waals surface area (Å²) in [5.74, 6) is 1.65.